The Morgan fingerprint density at radius 1 is 1.03 bits per heavy atom. The van der Waals surface area contributed by atoms with Crippen molar-refractivity contribution < 1.29 is 9.18 Å². The van der Waals surface area contributed by atoms with Gasteiger partial charge in [0.1, 0.15) is 5.82 Å². The van der Waals surface area contributed by atoms with E-state index in [1.807, 2.05) is 30.3 Å². The number of carbonyl (C=O) groups is 1. The minimum absolute atomic E-state index is 0.0435. The highest BCUT2D eigenvalue weighted by molar-refractivity contribution is 9.10. The number of nitrogens with one attached hydrogen (secondary N) is 2. The molecule has 0 saturated heterocycles. The number of hydrogen-bond donors (Lipinski definition) is 3. The lowest BCUT2D eigenvalue weighted by Gasteiger charge is -2.15. The summed E-state index contributed by atoms with van der Waals surface area (Å²) < 4.78 is 15.6. The van der Waals surface area contributed by atoms with Crippen LogP contribution in [0.2, 0.25) is 0 Å². The van der Waals surface area contributed by atoms with Crippen molar-refractivity contribution in [2.75, 3.05) is 43.6 Å². The number of nitrogens with zero attached hydrogens (tertiary/aromatic N) is 3. The molecule has 0 unspecified atom stereocenters. The Morgan fingerprint density at radius 2 is 1.81 bits per heavy atom. The minimum Gasteiger partial charge on any atom is -0.383 e. The van der Waals surface area contributed by atoms with Gasteiger partial charge in [-0.1, -0.05) is 28.1 Å². The van der Waals surface area contributed by atoms with Gasteiger partial charge in [-0.2, -0.15) is 0 Å². The minimum atomic E-state index is -0.596. The number of rotatable bonds is 9. The molecule has 0 fully saturated rings. The molecule has 0 spiro atoms. The largest absolute Gasteiger partial charge is 0.383 e. The highest BCUT2D eigenvalue weighted by atomic mass is 79.9. The van der Waals surface area contributed by atoms with Crippen LogP contribution in [0.1, 0.15) is 23.2 Å². The second-order valence-corrected chi connectivity index (χ2v) is 9.69. The standard InChI is InChI=1S/C27H28BrFN6O/c1-35(2)12-4-3-11-31-24-10-7-20(28)15-25(24)33-26(36)21-14-18(5-8-22(21)29)17-6-9-23-19(13-17)16-32-27(30)34-23/h5-10,13-16,31H,3-4,11-12H2,1-2H3,(H,33,36)(H2,30,32,34). The van der Waals surface area contributed by atoms with E-state index >= 15 is 0 Å². The van der Waals surface area contributed by atoms with Gasteiger partial charge < -0.3 is 21.3 Å². The Morgan fingerprint density at radius 3 is 2.61 bits per heavy atom. The van der Waals surface area contributed by atoms with Crippen molar-refractivity contribution in [2.45, 2.75) is 12.8 Å². The number of nitrogens with two attached hydrogens (primary N) is 1. The predicted molar refractivity (Wildman–Crippen MR) is 148 cm³/mol. The molecular weight excluding hydrogens is 523 g/mol. The lowest BCUT2D eigenvalue weighted by molar-refractivity contribution is 0.102. The molecule has 4 rings (SSSR count). The second-order valence-electron chi connectivity index (χ2n) is 8.78. The van der Waals surface area contributed by atoms with Gasteiger partial charge in [-0.05, 0) is 87.1 Å². The first-order valence-corrected chi connectivity index (χ1v) is 12.4. The number of nitrogen functional groups attached to an aromatic ring is 1. The van der Waals surface area contributed by atoms with Crippen LogP contribution in [-0.2, 0) is 0 Å². The number of carbonyl (C=O) groups excluding carboxylic acids is 1. The Labute approximate surface area is 218 Å². The summed E-state index contributed by atoms with van der Waals surface area (Å²) in [4.78, 5) is 23.5. The van der Waals surface area contributed by atoms with Gasteiger partial charge in [0.25, 0.3) is 5.91 Å². The third-order valence-electron chi connectivity index (χ3n) is 5.72. The van der Waals surface area contributed by atoms with Gasteiger partial charge in [-0.15, -0.1) is 0 Å². The summed E-state index contributed by atoms with van der Waals surface area (Å²) in [6.07, 6.45) is 3.69. The number of halogens is 2. The van der Waals surface area contributed by atoms with Crippen LogP contribution in [0.4, 0.5) is 21.7 Å². The van der Waals surface area contributed by atoms with Crippen LogP contribution in [-0.4, -0.2) is 48.0 Å². The van der Waals surface area contributed by atoms with Crippen molar-refractivity contribution in [2.24, 2.45) is 0 Å². The summed E-state index contributed by atoms with van der Waals surface area (Å²) in [5.74, 6) is -0.924. The normalized spacial score (nSPS) is 11.1. The topological polar surface area (TPSA) is 96.2 Å². The first-order valence-electron chi connectivity index (χ1n) is 11.6. The molecule has 3 aromatic carbocycles. The van der Waals surface area contributed by atoms with Crippen molar-refractivity contribution in [1.29, 1.82) is 0 Å². The highest BCUT2D eigenvalue weighted by Gasteiger charge is 2.16. The lowest BCUT2D eigenvalue weighted by Crippen LogP contribution is -2.16. The molecule has 0 bridgehead atoms. The van der Waals surface area contributed by atoms with Gasteiger partial charge in [0, 0.05) is 22.6 Å². The van der Waals surface area contributed by atoms with E-state index in [0.29, 0.717) is 16.8 Å². The number of unbranched alkanes of at least 4 members (excludes halogenated alkanes) is 1. The Balaban J connectivity index is 1.54. The van der Waals surface area contributed by atoms with E-state index in [0.717, 1.165) is 47.0 Å². The van der Waals surface area contributed by atoms with Crippen LogP contribution < -0.4 is 16.4 Å². The molecule has 0 atom stereocenters. The van der Waals surface area contributed by atoms with Crippen molar-refractivity contribution in [3.05, 3.63) is 76.6 Å². The highest BCUT2D eigenvalue weighted by Crippen LogP contribution is 2.29. The molecule has 1 heterocycles. The Kier molecular flexibility index (Phi) is 8.12. The van der Waals surface area contributed by atoms with Gasteiger partial charge in [-0.3, -0.25) is 4.79 Å². The third-order valence-corrected chi connectivity index (χ3v) is 6.21. The van der Waals surface area contributed by atoms with Crippen LogP contribution >= 0.6 is 15.9 Å². The van der Waals surface area contributed by atoms with E-state index in [9.17, 15) is 9.18 Å². The fourth-order valence-electron chi connectivity index (χ4n) is 3.85. The van der Waals surface area contributed by atoms with Crippen molar-refractivity contribution in [1.82, 2.24) is 14.9 Å². The third kappa shape index (κ3) is 6.35. The van der Waals surface area contributed by atoms with E-state index in [-0.39, 0.29) is 11.5 Å². The molecule has 4 N–H and O–H groups in total. The summed E-state index contributed by atoms with van der Waals surface area (Å²) >= 11 is 3.46. The van der Waals surface area contributed by atoms with Gasteiger partial charge in [0.15, 0.2) is 0 Å². The van der Waals surface area contributed by atoms with Crippen LogP contribution in [0.25, 0.3) is 22.0 Å². The fourth-order valence-corrected chi connectivity index (χ4v) is 4.21. The SMILES string of the molecule is CN(C)CCCCNc1ccc(Br)cc1NC(=O)c1cc(-c2ccc3nc(N)ncc3c2)ccc1F. The zero-order valence-corrected chi connectivity index (χ0v) is 21.8. The zero-order chi connectivity index (χ0) is 25.7. The fraction of sp³-hybridized carbons (Fsp3) is 0.222. The smallest absolute Gasteiger partial charge is 0.258 e. The van der Waals surface area contributed by atoms with Crippen molar-refractivity contribution in [3.63, 3.8) is 0 Å². The van der Waals surface area contributed by atoms with Crippen LogP contribution in [0.15, 0.2) is 65.3 Å². The number of fused-ring (bicyclic) bond motifs is 1. The molecule has 0 aliphatic carbocycles. The van der Waals surface area contributed by atoms with Gasteiger partial charge in [0.05, 0.1) is 22.5 Å². The molecule has 0 saturated carbocycles. The van der Waals surface area contributed by atoms with E-state index in [1.165, 1.54) is 6.07 Å². The van der Waals surface area contributed by atoms with E-state index in [1.54, 1.807) is 24.4 Å². The van der Waals surface area contributed by atoms with Gasteiger partial charge in [-0.25, -0.2) is 14.4 Å². The molecule has 0 aliphatic rings. The maximum absolute atomic E-state index is 14.7. The van der Waals surface area contributed by atoms with Crippen LogP contribution in [0, 0.1) is 5.82 Å². The predicted octanol–water partition coefficient (Wildman–Crippen LogP) is 5.79. The molecule has 9 heteroatoms. The first-order chi connectivity index (χ1) is 17.3. The van der Waals surface area contributed by atoms with Gasteiger partial charge in [0.2, 0.25) is 5.95 Å². The summed E-state index contributed by atoms with van der Waals surface area (Å²) in [5.41, 5.74) is 9.20. The quantitative estimate of drug-likeness (QED) is 0.228. The van der Waals surface area contributed by atoms with E-state index in [2.05, 4.69) is 55.5 Å². The van der Waals surface area contributed by atoms with Crippen LogP contribution in [0.3, 0.4) is 0 Å². The molecule has 7 nitrogen and oxygen atoms in total. The van der Waals surface area contributed by atoms with Crippen molar-refractivity contribution >= 4 is 50.1 Å². The molecule has 1 aromatic heterocycles. The maximum atomic E-state index is 14.7. The number of amides is 1. The Bertz CT molecular complexity index is 1390. The maximum Gasteiger partial charge on any atom is 0.258 e. The molecular formula is C27H28BrFN6O. The molecule has 36 heavy (non-hydrogen) atoms. The second kappa shape index (κ2) is 11.5. The van der Waals surface area contributed by atoms with Gasteiger partial charge >= 0.3 is 0 Å². The number of anilines is 3. The summed E-state index contributed by atoms with van der Waals surface area (Å²) in [6, 6.07) is 15.7. The monoisotopic (exact) mass is 550 g/mol. The van der Waals surface area contributed by atoms with Crippen LogP contribution in [0.5, 0.6) is 0 Å². The molecule has 0 aliphatic heterocycles. The average molecular weight is 551 g/mol. The van der Waals surface area contributed by atoms with E-state index in [4.69, 9.17) is 5.73 Å². The van der Waals surface area contributed by atoms with E-state index < -0.39 is 11.7 Å². The number of aromatic nitrogens is 2. The summed E-state index contributed by atoms with van der Waals surface area (Å²) in [6.45, 7) is 1.78. The number of hydrogen-bond acceptors (Lipinski definition) is 6. The summed E-state index contributed by atoms with van der Waals surface area (Å²) in [7, 11) is 4.10. The Hall–Kier alpha value is -3.56. The molecule has 0 radical (unpaired) electrons. The molecule has 186 valence electrons. The molecule has 4 aromatic rings. The first kappa shape index (κ1) is 25.5. The molecule has 1 amide bonds. The lowest BCUT2D eigenvalue weighted by atomic mass is 10.0. The average Bonchev–Trinajstić information content (AvgIpc) is 2.84. The number of benzene rings is 3. The van der Waals surface area contributed by atoms with Crippen molar-refractivity contribution in [3.8, 4) is 11.1 Å². The zero-order valence-electron chi connectivity index (χ0n) is 20.2. The summed E-state index contributed by atoms with van der Waals surface area (Å²) in [5, 5.41) is 7.04.